The van der Waals surface area contributed by atoms with Crippen LogP contribution in [0.25, 0.3) is 0 Å². The molecule has 3 N–H and O–H groups in total. The SMILES string of the molecule is CSCC(=O)N[C@@H]1CB(O)Oc2c1ccc(C)c2C(=O)O. The summed E-state index contributed by atoms with van der Waals surface area (Å²) < 4.78 is 5.30. The minimum Gasteiger partial charge on any atom is -0.535 e. The number of rotatable bonds is 4. The lowest BCUT2D eigenvalue weighted by Gasteiger charge is -2.29. The number of carbonyl (C=O) groups is 2. The van der Waals surface area contributed by atoms with E-state index in [1.165, 1.54) is 11.8 Å². The van der Waals surface area contributed by atoms with E-state index < -0.39 is 19.1 Å². The number of fused-ring (bicyclic) bond motifs is 1. The molecular weight excluding hydrogens is 293 g/mol. The summed E-state index contributed by atoms with van der Waals surface area (Å²) in [6.07, 6.45) is 2.01. The Labute approximate surface area is 127 Å². The predicted octanol–water partition coefficient (Wildman–Crippen LogP) is 1.09. The zero-order chi connectivity index (χ0) is 15.6. The largest absolute Gasteiger partial charge is 0.535 e. The van der Waals surface area contributed by atoms with Gasteiger partial charge < -0.3 is 20.1 Å². The van der Waals surface area contributed by atoms with Gasteiger partial charge in [0, 0.05) is 11.9 Å². The van der Waals surface area contributed by atoms with Crippen molar-refractivity contribution in [1.82, 2.24) is 5.32 Å². The van der Waals surface area contributed by atoms with Gasteiger partial charge in [-0.15, -0.1) is 0 Å². The molecule has 1 heterocycles. The molecule has 21 heavy (non-hydrogen) atoms. The third-order valence-electron chi connectivity index (χ3n) is 3.29. The fourth-order valence-corrected chi connectivity index (χ4v) is 2.73. The molecule has 8 heteroatoms. The van der Waals surface area contributed by atoms with Crippen LogP contribution in [0.1, 0.15) is 27.5 Å². The molecular formula is C13H16BNO5S. The Bertz CT molecular complexity index is 580. The minimum absolute atomic E-state index is 0.0235. The van der Waals surface area contributed by atoms with E-state index in [0.717, 1.165) is 0 Å². The van der Waals surface area contributed by atoms with Crippen molar-refractivity contribution in [3.05, 3.63) is 28.8 Å². The van der Waals surface area contributed by atoms with E-state index in [0.29, 0.717) is 16.9 Å². The van der Waals surface area contributed by atoms with Gasteiger partial charge in [0.1, 0.15) is 11.3 Å². The first-order valence-corrected chi connectivity index (χ1v) is 7.83. The van der Waals surface area contributed by atoms with Gasteiger partial charge in [-0.1, -0.05) is 12.1 Å². The average molecular weight is 309 g/mol. The summed E-state index contributed by atoms with van der Waals surface area (Å²) in [7, 11) is -1.14. The highest BCUT2D eigenvalue weighted by molar-refractivity contribution is 7.99. The van der Waals surface area contributed by atoms with Crippen molar-refractivity contribution < 1.29 is 24.4 Å². The molecule has 1 atom stereocenters. The van der Waals surface area contributed by atoms with E-state index in [-0.39, 0.29) is 23.5 Å². The van der Waals surface area contributed by atoms with E-state index in [9.17, 15) is 19.7 Å². The first-order valence-electron chi connectivity index (χ1n) is 6.43. The quantitative estimate of drug-likeness (QED) is 0.721. The van der Waals surface area contributed by atoms with Crippen molar-refractivity contribution in [1.29, 1.82) is 0 Å². The second-order valence-corrected chi connectivity index (χ2v) is 5.71. The molecule has 1 aliphatic heterocycles. The zero-order valence-corrected chi connectivity index (χ0v) is 12.6. The monoisotopic (exact) mass is 309 g/mol. The molecule has 2 rings (SSSR count). The topological polar surface area (TPSA) is 95.9 Å². The molecule has 1 aromatic carbocycles. The number of amides is 1. The molecule has 0 radical (unpaired) electrons. The summed E-state index contributed by atoms with van der Waals surface area (Å²) in [5, 5.41) is 21.9. The molecule has 0 saturated carbocycles. The number of carbonyl (C=O) groups excluding carboxylic acids is 1. The molecule has 0 fully saturated rings. The number of hydrogen-bond donors (Lipinski definition) is 3. The number of carboxylic acids is 1. The first-order chi connectivity index (χ1) is 9.93. The summed E-state index contributed by atoms with van der Waals surface area (Å²) in [6, 6.07) is 2.95. The summed E-state index contributed by atoms with van der Waals surface area (Å²) in [5.41, 5.74) is 1.15. The van der Waals surface area contributed by atoms with Crippen molar-refractivity contribution >= 4 is 30.8 Å². The average Bonchev–Trinajstić information content (AvgIpc) is 2.37. The summed E-state index contributed by atoms with van der Waals surface area (Å²) >= 11 is 1.39. The van der Waals surface area contributed by atoms with Gasteiger partial charge in [-0.25, -0.2) is 4.79 Å². The molecule has 0 bridgehead atoms. The number of carboxylic acid groups (broad SMARTS) is 1. The molecule has 0 spiro atoms. The van der Waals surface area contributed by atoms with Crippen LogP contribution in [-0.4, -0.2) is 41.1 Å². The Morgan fingerprint density at radius 3 is 2.86 bits per heavy atom. The maximum Gasteiger partial charge on any atom is 0.525 e. The van der Waals surface area contributed by atoms with Crippen molar-refractivity contribution in [3.63, 3.8) is 0 Å². The van der Waals surface area contributed by atoms with Crippen molar-refractivity contribution in [2.75, 3.05) is 12.0 Å². The van der Waals surface area contributed by atoms with Crippen LogP contribution < -0.4 is 9.97 Å². The highest BCUT2D eigenvalue weighted by atomic mass is 32.2. The molecule has 6 nitrogen and oxygen atoms in total. The molecule has 112 valence electrons. The zero-order valence-electron chi connectivity index (χ0n) is 11.8. The van der Waals surface area contributed by atoms with Gasteiger partial charge in [0.15, 0.2) is 0 Å². The second-order valence-electron chi connectivity index (χ2n) is 4.84. The number of hydrogen-bond acceptors (Lipinski definition) is 5. The van der Waals surface area contributed by atoms with Crippen LogP contribution >= 0.6 is 11.8 Å². The standard InChI is InChI=1S/C13H16BNO5S/c1-7-3-4-8-9(15-10(16)6-21-2)5-14(19)20-12(8)11(7)13(17)18/h3-4,9,19H,5-6H2,1-2H3,(H,15,16)(H,17,18)/t9-/m1/s1. The highest BCUT2D eigenvalue weighted by Gasteiger charge is 2.35. The Balaban J connectivity index is 2.40. The van der Waals surface area contributed by atoms with Gasteiger partial charge in [-0.3, -0.25) is 4.79 Å². The molecule has 0 aliphatic carbocycles. The third kappa shape index (κ3) is 3.33. The lowest BCUT2D eigenvalue weighted by molar-refractivity contribution is -0.119. The first kappa shape index (κ1) is 15.7. The number of thioether (sulfide) groups is 1. The van der Waals surface area contributed by atoms with Crippen LogP contribution in [-0.2, 0) is 4.79 Å². The van der Waals surface area contributed by atoms with E-state index in [1.807, 2.05) is 6.26 Å². The van der Waals surface area contributed by atoms with Gasteiger partial charge in [-0.2, -0.15) is 11.8 Å². The number of aromatic carboxylic acids is 1. The summed E-state index contributed by atoms with van der Waals surface area (Å²) in [5.74, 6) is -0.839. The van der Waals surface area contributed by atoms with E-state index in [1.54, 1.807) is 19.1 Å². The summed E-state index contributed by atoms with van der Waals surface area (Å²) in [4.78, 5) is 23.1. The van der Waals surface area contributed by atoms with Crippen LogP contribution in [0.2, 0.25) is 6.32 Å². The van der Waals surface area contributed by atoms with E-state index in [2.05, 4.69) is 5.32 Å². The predicted molar refractivity (Wildman–Crippen MR) is 80.8 cm³/mol. The molecule has 1 amide bonds. The fourth-order valence-electron chi connectivity index (χ4n) is 2.38. The summed E-state index contributed by atoms with van der Waals surface area (Å²) in [6.45, 7) is 1.66. The van der Waals surface area contributed by atoms with Crippen LogP contribution in [0.15, 0.2) is 12.1 Å². The van der Waals surface area contributed by atoms with Gasteiger partial charge >= 0.3 is 13.1 Å². The number of nitrogens with one attached hydrogen (secondary N) is 1. The Kier molecular flexibility index (Phi) is 4.79. The third-order valence-corrected chi connectivity index (χ3v) is 3.84. The lowest BCUT2D eigenvalue weighted by Crippen LogP contribution is -2.39. The van der Waals surface area contributed by atoms with Crippen molar-refractivity contribution in [3.8, 4) is 5.75 Å². The van der Waals surface area contributed by atoms with Gasteiger partial charge in [0.2, 0.25) is 5.91 Å². The van der Waals surface area contributed by atoms with Crippen LogP contribution in [0.4, 0.5) is 0 Å². The van der Waals surface area contributed by atoms with E-state index >= 15 is 0 Å². The van der Waals surface area contributed by atoms with Crippen LogP contribution in [0.3, 0.4) is 0 Å². The number of benzene rings is 1. The Morgan fingerprint density at radius 1 is 1.52 bits per heavy atom. The minimum atomic E-state index is -1.14. The van der Waals surface area contributed by atoms with Gasteiger partial charge in [0.25, 0.3) is 0 Å². The molecule has 0 aromatic heterocycles. The second kappa shape index (κ2) is 6.40. The number of aryl methyl sites for hydroxylation is 1. The smallest absolute Gasteiger partial charge is 0.525 e. The van der Waals surface area contributed by atoms with Gasteiger partial charge in [-0.05, 0) is 18.7 Å². The van der Waals surface area contributed by atoms with E-state index in [4.69, 9.17) is 4.65 Å². The van der Waals surface area contributed by atoms with Gasteiger partial charge in [0.05, 0.1) is 11.8 Å². The molecule has 1 aromatic rings. The van der Waals surface area contributed by atoms with Crippen molar-refractivity contribution in [2.45, 2.75) is 19.3 Å². The Hall–Kier alpha value is -1.67. The normalized spacial score (nSPS) is 16.9. The van der Waals surface area contributed by atoms with Crippen LogP contribution in [0.5, 0.6) is 5.75 Å². The molecule has 0 saturated heterocycles. The maximum absolute atomic E-state index is 11.7. The lowest BCUT2D eigenvalue weighted by atomic mass is 9.74. The van der Waals surface area contributed by atoms with Crippen molar-refractivity contribution in [2.24, 2.45) is 0 Å². The fraction of sp³-hybridized carbons (Fsp3) is 0.385. The molecule has 1 aliphatic rings. The van der Waals surface area contributed by atoms with Crippen LogP contribution in [0, 0.1) is 6.92 Å². The Morgan fingerprint density at radius 2 is 2.24 bits per heavy atom. The molecule has 0 unspecified atom stereocenters. The highest BCUT2D eigenvalue weighted by Crippen LogP contribution is 2.38. The maximum atomic E-state index is 11.7.